The predicted molar refractivity (Wildman–Crippen MR) is 166 cm³/mol. The molecule has 4 heteroatoms. The van der Waals surface area contributed by atoms with Gasteiger partial charge in [-0.25, -0.2) is 15.0 Å². The molecular formula is C37H23N3O. The summed E-state index contributed by atoms with van der Waals surface area (Å²) in [6, 6.07) is 47.5. The molecule has 0 unspecified atom stereocenters. The maximum Gasteiger partial charge on any atom is 0.160 e. The smallest absolute Gasteiger partial charge is 0.160 e. The van der Waals surface area contributed by atoms with Gasteiger partial charge in [-0.1, -0.05) is 103 Å². The topological polar surface area (TPSA) is 51.8 Å². The minimum absolute atomic E-state index is 0.713. The summed E-state index contributed by atoms with van der Waals surface area (Å²) in [4.78, 5) is 14.8. The third-order valence-corrected chi connectivity index (χ3v) is 7.48. The quantitative estimate of drug-likeness (QED) is 0.230. The molecule has 8 aromatic rings. The van der Waals surface area contributed by atoms with E-state index in [1.807, 2.05) is 66.7 Å². The Labute approximate surface area is 236 Å². The highest BCUT2D eigenvalue weighted by Crippen LogP contribution is 2.33. The summed E-state index contributed by atoms with van der Waals surface area (Å²) in [5, 5.41) is 2.09. The van der Waals surface area contributed by atoms with E-state index in [0.29, 0.717) is 5.82 Å². The molecular weight excluding hydrogens is 502 g/mol. The lowest BCUT2D eigenvalue weighted by Crippen LogP contribution is -1.95. The van der Waals surface area contributed by atoms with Gasteiger partial charge >= 0.3 is 0 Å². The third kappa shape index (κ3) is 4.23. The number of rotatable bonds is 4. The molecule has 8 rings (SSSR count). The van der Waals surface area contributed by atoms with E-state index in [2.05, 4.69) is 72.8 Å². The van der Waals surface area contributed by atoms with Crippen LogP contribution in [0.5, 0.6) is 0 Å². The molecule has 4 nitrogen and oxygen atoms in total. The highest BCUT2D eigenvalue weighted by Gasteiger charge is 2.12. The van der Waals surface area contributed by atoms with Gasteiger partial charge in [-0.05, 0) is 47.5 Å². The minimum Gasteiger partial charge on any atom is -0.454 e. The summed E-state index contributed by atoms with van der Waals surface area (Å²) < 4.78 is 6.08. The zero-order chi connectivity index (χ0) is 27.2. The average Bonchev–Trinajstić information content (AvgIpc) is 3.41. The van der Waals surface area contributed by atoms with Crippen molar-refractivity contribution in [1.82, 2.24) is 15.0 Å². The Morgan fingerprint density at radius 1 is 0.415 bits per heavy atom. The van der Waals surface area contributed by atoms with Crippen LogP contribution in [-0.4, -0.2) is 15.0 Å². The number of fused-ring (bicyclic) bond motifs is 4. The van der Waals surface area contributed by atoms with Crippen molar-refractivity contribution in [2.24, 2.45) is 0 Å². The maximum absolute atomic E-state index is 6.08. The van der Waals surface area contributed by atoms with Crippen LogP contribution >= 0.6 is 0 Å². The van der Waals surface area contributed by atoms with Gasteiger partial charge in [0, 0.05) is 27.5 Å². The Morgan fingerprint density at radius 2 is 1.02 bits per heavy atom. The molecule has 0 atom stereocenters. The number of hydrogen-bond donors (Lipinski definition) is 0. The van der Waals surface area contributed by atoms with Crippen molar-refractivity contribution >= 4 is 33.0 Å². The lowest BCUT2D eigenvalue weighted by Gasteiger charge is -2.10. The van der Waals surface area contributed by atoms with Crippen LogP contribution in [0.25, 0.3) is 78.0 Å². The molecule has 0 saturated carbocycles. The molecule has 0 N–H and O–H groups in total. The van der Waals surface area contributed by atoms with E-state index in [1.54, 1.807) is 0 Å². The van der Waals surface area contributed by atoms with E-state index in [0.717, 1.165) is 72.2 Å². The lowest BCUT2D eigenvalue weighted by molar-refractivity contribution is 0.669. The molecule has 0 aliphatic carbocycles. The summed E-state index contributed by atoms with van der Waals surface area (Å²) in [7, 11) is 0. The van der Waals surface area contributed by atoms with Gasteiger partial charge in [-0.2, -0.15) is 0 Å². The SMILES string of the molecule is c1ccc(-c2cc(-c3ccc(-c4ccc5nc6c(cc5c4)oc4ccccc46)cc3)nc(-c3ccccc3)n2)cc1. The summed E-state index contributed by atoms with van der Waals surface area (Å²) in [6.45, 7) is 0. The first-order valence-electron chi connectivity index (χ1n) is 13.6. The van der Waals surface area contributed by atoms with Gasteiger partial charge in [0.2, 0.25) is 0 Å². The van der Waals surface area contributed by atoms with Crippen molar-refractivity contribution in [3.05, 3.63) is 140 Å². The summed E-state index contributed by atoms with van der Waals surface area (Å²) >= 11 is 0. The first-order chi connectivity index (χ1) is 20.3. The second-order valence-electron chi connectivity index (χ2n) is 10.1. The van der Waals surface area contributed by atoms with Gasteiger partial charge in [0.1, 0.15) is 11.1 Å². The molecule has 0 spiro atoms. The van der Waals surface area contributed by atoms with E-state index < -0.39 is 0 Å². The molecule has 3 heterocycles. The second-order valence-corrected chi connectivity index (χ2v) is 10.1. The number of para-hydroxylation sites is 1. The zero-order valence-corrected chi connectivity index (χ0v) is 22.0. The number of benzene rings is 5. The standard InChI is InChI=1S/C37H23N3O/c1-3-9-25(10-4-1)32-23-33(40-37(39-32)27-11-5-2-6-12-27)26-17-15-24(16-18-26)28-19-20-31-29(21-28)22-35-36(38-31)30-13-7-8-14-34(30)41-35/h1-23H. The number of aromatic nitrogens is 3. The van der Waals surface area contributed by atoms with Crippen molar-refractivity contribution in [3.63, 3.8) is 0 Å². The van der Waals surface area contributed by atoms with Crippen LogP contribution in [0.1, 0.15) is 0 Å². The highest BCUT2D eigenvalue weighted by molar-refractivity contribution is 6.06. The van der Waals surface area contributed by atoms with Gasteiger partial charge in [-0.15, -0.1) is 0 Å². The predicted octanol–water partition coefficient (Wildman–Crippen LogP) is 9.59. The Bertz CT molecular complexity index is 2130. The van der Waals surface area contributed by atoms with E-state index >= 15 is 0 Å². The Morgan fingerprint density at radius 3 is 1.78 bits per heavy atom. The summed E-state index contributed by atoms with van der Waals surface area (Å²) in [6.07, 6.45) is 0. The molecule has 0 bridgehead atoms. The first-order valence-corrected chi connectivity index (χ1v) is 13.6. The van der Waals surface area contributed by atoms with Crippen molar-refractivity contribution in [3.8, 4) is 45.0 Å². The lowest BCUT2D eigenvalue weighted by atomic mass is 10.00. The Hall–Kier alpha value is -5.61. The Kier molecular flexibility index (Phi) is 5.42. The zero-order valence-electron chi connectivity index (χ0n) is 22.0. The highest BCUT2D eigenvalue weighted by atomic mass is 16.3. The molecule has 0 amide bonds. The fraction of sp³-hybridized carbons (Fsp3) is 0. The van der Waals surface area contributed by atoms with Crippen molar-refractivity contribution in [1.29, 1.82) is 0 Å². The number of furan rings is 1. The molecule has 192 valence electrons. The molecule has 0 aliphatic rings. The normalized spacial score (nSPS) is 11.4. The van der Waals surface area contributed by atoms with E-state index in [-0.39, 0.29) is 0 Å². The van der Waals surface area contributed by atoms with Crippen LogP contribution < -0.4 is 0 Å². The third-order valence-electron chi connectivity index (χ3n) is 7.48. The van der Waals surface area contributed by atoms with Crippen LogP contribution in [0.4, 0.5) is 0 Å². The van der Waals surface area contributed by atoms with Crippen molar-refractivity contribution in [2.75, 3.05) is 0 Å². The van der Waals surface area contributed by atoms with Crippen LogP contribution in [0.3, 0.4) is 0 Å². The van der Waals surface area contributed by atoms with E-state index in [1.165, 1.54) is 0 Å². The molecule has 0 saturated heterocycles. The molecule has 5 aromatic carbocycles. The van der Waals surface area contributed by atoms with E-state index in [4.69, 9.17) is 19.4 Å². The fourth-order valence-electron chi connectivity index (χ4n) is 5.38. The van der Waals surface area contributed by atoms with Crippen LogP contribution in [-0.2, 0) is 0 Å². The van der Waals surface area contributed by atoms with Gasteiger partial charge in [0.15, 0.2) is 11.4 Å². The van der Waals surface area contributed by atoms with Crippen molar-refractivity contribution < 1.29 is 4.42 Å². The van der Waals surface area contributed by atoms with Crippen molar-refractivity contribution in [2.45, 2.75) is 0 Å². The first kappa shape index (κ1) is 23.3. The molecule has 0 fully saturated rings. The molecule has 3 aromatic heterocycles. The molecule has 0 radical (unpaired) electrons. The van der Waals surface area contributed by atoms with Crippen LogP contribution in [0, 0.1) is 0 Å². The van der Waals surface area contributed by atoms with Gasteiger partial charge in [0.05, 0.1) is 16.9 Å². The van der Waals surface area contributed by atoms with Gasteiger partial charge < -0.3 is 4.42 Å². The summed E-state index contributed by atoms with van der Waals surface area (Å²) in [5.74, 6) is 0.713. The van der Waals surface area contributed by atoms with E-state index in [9.17, 15) is 0 Å². The van der Waals surface area contributed by atoms with Crippen LogP contribution in [0.2, 0.25) is 0 Å². The summed E-state index contributed by atoms with van der Waals surface area (Å²) in [5.41, 5.74) is 10.6. The maximum atomic E-state index is 6.08. The Balaban J connectivity index is 1.18. The van der Waals surface area contributed by atoms with Gasteiger partial charge in [0.25, 0.3) is 0 Å². The average molecular weight is 526 g/mol. The number of nitrogens with zero attached hydrogens (tertiary/aromatic N) is 3. The minimum atomic E-state index is 0.713. The monoisotopic (exact) mass is 525 g/mol. The fourth-order valence-corrected chi connectivity index (χ4v) is 5.38. The largest absolute Gasteiger partial charge is 0.454 e. The second kappa shape index (κ2) is 9.54. The van der Waals surface area contributed by atoms with Gasteiger partial charge in [-0.3, -0.25) is 0 Å². The number of hydrogen-bond acceptors (Lipinski definition) is 4. The molecule has 41 heavy (non-hydrogen) atoms. The van der Waals surface area contributed by atoms with Crippen LogP contribution in [0.15, 0.2) is 144 Å². The number of pyridine rings is 1. The molecule has 0 aliphatic heterocycles.